The number of aliphatic hydroxyl groups is 1. The van der Waals surface area contributed by atoms with Crippen LogP contribution in [0.25, 0.3) is 0 Å². The fourth-order valence-electron chi connectivity index (χ4n) is 2.27. The highest BCUT2D eigenvalue weighted by atomic mass is 16.3. The van der Waals surface area contributed by atoms with Crippen molar-refractivity contribution in [2.75, 3.05) is 6.61 Å². The van der Waals surface area contributed by atoms with E-state index in [-0.39, 0.29) is 12.6 Å². The van der Waals surface area contributed by atoms with E-state index >= 15 is 0 Å². The number of rotatable bonds is 4. The van der Waals surface area contributed by atoms with Gasteiger partial charge in [-0.2, -0.15) is 0 Å². The van der Waals surface area contributed by atoms with Crippen molar-refractivity contribution in [2.45, 2.75) is 58.0 Å². The van der Waals surface area contributed by atoms with Crippen LogP contribution in [0.1, 0.15) is 46.0 Å². The third-order valence-corrected chi connectivity index (χ3v) is 3.18. The van der Waals surface area contributed by atoms with Crippen molar-refractivity contribution in [1.29, 1.82) is 0 Å². The Labute approximate surface area is 81.7 Å². The lowest BCUT2D eigenvalue weighted by Crippen LogP contribution is -2.41. The predicted molar refractivity (Wildman–Crippen MR) is 55.7 cm³/mol. The van der Waals surface area contributed by atoms with Crippen LogP contribution in [0.15, 0.2) is 0 Å². The van der Waals surface area contributed by atoms with Crippen LogP contribution in [0, 0.1) is 5.92 Å². The molecule has 1 aliphatic rings. The monoisotopic (exact) mass is 185 g/mol. The molecule has 1 aliphatic carbocycles. The molecule has 0 heterocycles. The van der Waals surface area contributed by atoms with Gasteiger partial charge in [0, 0.05) is 12.1 Å². The molecule has 2 heteroatoms. The molecular formula is C11H23NO. The number of hydrogen-bond acceptors (Lipinski definition) is 2. The van der Waals surface area contributed by atoms with Crippen molar-refractivity contribution in [3.8, 4) is 0 Å². The van der Waals surface area contributed by atoms with Gasteiger partial charge in [-0.25, -0.2) is 0 Å². The summed E-state index contributed by atoms with van der Waals surface area (Å²) in [6, 6.07) is 0.819. The summed E-state index contributed by atoms with van der Waals surface area (Å²) in [5.41, 5.74) is 0. The largest absolute Gasteiger partial charge is 0.395 e. The lowest BCUT2D eigenvalue weighted by molar-refractivity contribution is 0.211. The van der Waals surface area contributed by atoms with Gasteiger partial charge in [-0.15, -0.1) is 0 Å². The third kappa shape index (κ3) is 3.65. The molecule has 1 unspecified atom stereocenters. The Morgan fingerprint density at radius 2 is 1.85 bits per heavy atom. The van der Waals surface area contributed by atoms with Gasteiger partial charge < -0.3 is 10.4 Å². The average Bonchev–Trinajstić information content (AvgIpc) is 2.19. The van der Waals surface area contributed by atoms with Crippen LogP contribution in [-0.4, -0.2) is 23.8 Å². The summed E-state index contributed by atoms with van der Waals surface area (Å²) < 4.78 is 0. The number of hydrogen-bond donors (Lipinski definition) is 2. The molecule has 13 heavy (non-hydrogen) atoms. The van der Waals surface area contributed by atoms with Gasteiger partial charge >= 0.3 is 0 Å². The Kier molecular flexibility index (Phi) is 4.74. The van der Waals surface area contributed by atoms with E-state index < -0.39 is 0 Å². The van der Waals surface area contributed by atoms with Crippen LogP contribution in [-0.2, 0) is 0 Å². The molecule has 78 valence electrons. The molecule has 0 amide bonds. The van der Waals surface area contributed by atoms with Gasteiger partial charge in [0.1, 0.15) is 0 Å². The Morgan fingerprint density at radius 3 is 2.38 bits per heavy atom. The van der Waals surface area contributed by atoms with Gasteiger partial charge in [-0.3, -0.25) is 0 Å². The minimum Gasteiger partial charge on any atom is -0.395 e. The fraction of sp³-hybridized carbons (Fsp3) is 1.00. The summed E-state index contributed by atoms with van der Waals surface area (Å²) in [5, 5.41) is 12.4. The molecule has 2 nitrogen and oxygen atoms in total. The van der Waals surface area contributed by atoms with Crippen molar-refractivity contribution in [3.05, 3.63) is 0 Å². The van der Waals surface area contributed by atoms with Gasteiger partial charge in [-0.05, 0) is 32.6 Å². The quantitative estimate of drug-likeness (QED) is 0.701. The highest BCUT2D eigenvalue weighted by Gasteiger charge is 2.20. The summed E-state index contributed by atoms with van der Waals surface area (Å²) in [4.78, 5) is 0. The summed E-state index contributed by atoms with van der Waals surface area (Å²) in [7, 11) is 0. The SMILES string of the molecule is CC(N[C@@H](C)CO)C1CCCCC1. The van der Waals surface area contributed by atoms with Crippen LogP contribution in [0.3, 0.4) is 0 Å². The molecule has 0 aliphatic heterocycles. The molecule has 1 fully saturated rings. The fourth-order valence-corrected chi connectivity index (χ4v) is 2.27. The van der Waals surface area contributed by atoms with Crippen molar-refractivity contribution >= 4 is 0 Å². The van der Waals surface area contributed by atoms with Crippen LogP contribution in [0.5, 0.6) is 0 Å². The Bertz CT molecular complexity index is 132. The summed E-state index contributed by atoms with van der Waals surface area (Å²) >= 11 is 0. The molecule has 1 saturated carbocycles. The van der Waals surface area contributed by atoms with E-state index in [0.717, 1.165) is 5.92 Å². The zero-order chi connectivity index (χ0) is 9.68. The van der Waals surface area contributed by atoms with E-state index in [4.69, 9.17) is 5.11 Å². The second-order valence-corrected chi connectivity index (χ2v) is 4.44. The molecule has 0 spiro atoms. The Morgan fingerprint density at radius 1 is 1.23 bits per heavy atom. The summed E-state index contributed by atoms with van der Waals surface area (Å²) in [6.07, 6.45) is 6.94. The first-order chi connectivity index (χ1) is 6.24. The van der Waals surface area contributed by atoms with Crippen molar-refractivity contribution in [1.82, 2.24) is 5.32 Å². The Hall–Kier alpha value is -0.0800. The molecule has 2 atom stereocenters. The predicted octanol–water partition coefficient (Wildman–Crippen LogP) is 1.93. The molecular weight excluding hydrogens is 162 g/mol. The smallest absolute Gasteiger partial charge is 0.0582 e. The van der Waals surface area contributed by atoms with Gasteiger partial charge in [0.15, 0.2) is 0 Å². The van der Waals surface area contributed by atoms with Gasteiger partial charge in [0.25, 0.3) is 0 Å². The topological polar surface area (TPSA) is 32.3 Å². The van der Waals surface area contributed by atoms with E-state index in [0.29, 0.717) is 6.04 Å². The second-order valence-electron chi connectivity index (χ2n) is 4.44. The summed E-state index contributed by atoms with van der Waals surface area (Å²) in [5.74, 6) is 0.836. The minimum atomic E-state index is 0.247. The first kappa shape index (κ1) is 11.0. The minimum absolute atomic E-state index is 0.247. The molecule has 0 saturated heterocycles. The molecule has 0 aromatic rings. The van der Waals surface area contributed by atoms with Gasteiger partial charge in [-0.1, -0.05) is 19.3 Å². The molecule has 0 aromatic heterocycles. The molecule has 0 radical (unpaired) electrons. The van der Waals surface area contributed by atoms with E-state index in [2.05, 4.69) is 12.2 Å². The van der Waals surface area contributed by atoms with Gasteiger partial charge in [0.05, 0.1) is 6.61 Å². The van der Waals surface area contributed by atoms with Crippen molar-refractivity contribution in [3.63, 3.8) is 0 Å². The first-order valence-corrected chi connectivity index (χ1v) is 5.61. The third-order valence-electron chi connectivity index (χ3n) is 3.18. The maximum Gasteiger partial charge on any atom is 0.0582 e. The lowest BCUT2D eigenvalue weighted by Gasteiger charge is -2.30. The average molecular weight is 185 g/mol. The van der Waals surface area contributed by atoms with Crippen LogP contribution in [0.4, 0.5) is 0 Å². The molecule has 1 rings (SSSR count). The van der Waals surface area contributed by atoms with E-state index in [1.807, 2.05) is 6.92 Å². The van der Waals surface area contributed by atoms with Crippen LogP contribution >= 0.6 is 0 Å². The molecule has 0 bridgehead atoms. The maximum absolute atomic E-state index is 8.92. The number of aliphatic hydroxyl groups excluding tert-OH is 1. The van der Waals surface area contributed by atoms with E-state index in [1.165, 1.54) is 32.1 Å². The second kappa shape index (κ2) is 5.61. The highest BCUT2D eigenvalue weighted by Crippen LogP contribution is 2.26. The van der Waals surface area contributed by atoms with E-state index in [1.54, 1.807) is 0 Å². The first-order valence-electron chi connectivity index (χ1n) is 5.61. The van der Waals surface area contributed by atoms with Crippen molar-refractivity contribution < 1.29 is 5.11 Å². The standard InChI is InChI=1S/C11H23NO/c1-9(8-13)12-10(2)11-6-4-3-5-7-11/h9-13H,3-8H2,1-2H3/t9-,10?/m0/s1. The molecule has 0 aromatic carbocycles. The maximum atomic E-state index is 8.92. The zero-order valence-corrected chi connectivity index (χ0v) is 8.92. The van der Waals surface area contributed by atoms with Crippen LogP contribution < -0.4 is 5.32 Å². The number of nitrogens with one attached hydrogen (secondary N) is 1. The van der Waals surface area contributed by atoms with E-state index in [9.17, 15) is 0 Å². The van der Waals surface area contributed by atoms with Crippen molar-refractivity contribution in [2.24, 2.45) is 5.92 Å². The summed E-state index contributed by atoms with van der Waals surface area (Å²) in [6.45, 7) is 4.54. The van der Waals surface area contributed by atoms with Crippen LogP contribution in [0.2, 0.25) is 0 Å². The lowest BCUT2D eigenvalue weighted by atomic mass is 9.84. The normalized spacial score (nSPS) is 24.2. The molecule has 2 N–H and O–H groups in total. The zero-order valence-electron chi connectivity index (χ0n) is 8.92. The highest BCUT2D eigenvalue weighted by molar-refractivity contribution is 4.77. The van der Waals surface area contributed by atoms with Gasteiger partial charge in [0.2, 0.25) is 0 Å². The Balaban J connectivity index is 2.24.